The largest absolute Gasteiger partial charge is 0.352 e. The van der Waals surface area contributed by atoms with E-state index < -0.39 is 6.04 Å². The Kier molecular flexibility index (Phi) is 10.1. The van der Waals surface area contributed by atoms with E-state index in [9.17, 15) is 9.59 Å². The third-order valence-electron chi connectivity index (χ3n) is 7.25. The summed E-state index contributed by atoms with van der Waals surface area (Å²) in [5, 5.41) is 3.15. The predicted molar refractivity (Wildman–Crippen MR) is 158 cm³/mol. The van der Waals surface area contributed by atoms with Gasteiger partial charge in [-0.1, -0.05) is 128 Å². The van der Waals surface area contributed by atoms with E-state index in [4.69, 9.17) is 0 Å². The van der Waals surface area contributed by atoms with E-state index in [0.717, 1.165) is 28.7 Å². The van der Waals surface area contributed by atoms with Crippen molar-refractivity contribution in [3.8, 4) is 0 Å². The minimum Gasteiger partial charge on any atom is -0.352 e. The maximum atomic E-state index is 14.3. The summed E-state index contributed by atoms with van der Waals surface area (Å²) >= 11 is 0. The maximum Gasteiger partial charge on any atom is 0.243 e. The minimum atomic E-state index is -0.638. The smallest absolute Gasteiger partial charge is 0.243 e. The third kappa shape index (κ3) is 7.90. The molecule has 200 valence electrons. The third-order valence-corrected chi connectivity index (χ3v) is 7.25. The van der Waals surface area contributed by atoms with Crippen LogP contribution in [0.25, 0.3) is 0 Å². The zero-order valence-corrected chi connectivity index (χ0v) is 22.9. The number of rotatable bonds is 12. The highest BCUT2D eigenvalue weighted by Crippen LogP contribution is 2.30. The van der Waals surface area contributed by atoms with Crippen molar-refractivity contribution in [2.24, 2.45) is 0 Å². The molecule has 0 fully saturated rings. The SMILES string of the molecule is CCC(C)NC(=O)C(Cc1ccccc1)N(Cc1ccccc1)C(=O)CC(c1ccccc1)c1ccccc1. The minimum absolute atomic E-state index is 0.0193. The normalized spacial score (nSPS) is 12.5. The zero-order valence-electron chi connectivity index (χ0n) is 22.9. The molecule has 0 spiro atoms. The molecule has 4 heteroatoms. The van der Waals surface area contributed by atoms with Crippen LogP contribution < -0.4 is 5.32 Å². The van der Waals surface area contributed by atoms with Gasteiger partial charge in [0.2, 0.25) is 11.8 Å². The van der Waals surface area contributed by atoms with Crippen LogP contribution in [0.1, 0.15) is 54.9 Å². The Hall–Kier alpha value is -4.18. The van der Waals surface area contributed by atoms with Gasteiger partial charge in [0.25, 0.3) is 0 Å². The first-order chi connectivity index (χ1) is 19.0. The van der Waals surface area contributed by atoms with Crippen LogP contribution in [0.5, 0.6) is 0 Å². The first-order valence-corrected chi connectivity index (χ1v) is 13.8. The van der Waals surface area contributed by atoms with Gasteiger partial charge in [0.15, 0.2) is 0 Å². The molecule has 1 N–H and O–H groups in total. The molecule has 2 atom stereocenters. The van der Waals surface area contributed by atoms with Crippen LogP contribution in [-0.4, -0.2) is 28.8 Å². The van der Waals surface area contributed by atoms with E-state index in [1.807, 2.05) is 111 Å². The highest BCUT2D eigenvalue weighted by Gasteiger charge is 2.32. The molecule has 0 aromatic heterocycles. The molecule has 0 saturated heterocycles. The molecule has 0 heterocycles. The molecule has 4 aromatic carbocycles. The van der Waals surface area contributed by atoms with E-state index in [1.165, 1.54) is 0 Å². The van der Waals surface area contributed by atoms with Gasteiger partial charge >= 0.3 is 0 Å². The molecule has 0 aliphatic carbocycles. The number of carbonyl (C=O) groups is 2. The molecule has 0 aliphatic rings. The Morgan fingerprint density at radius 1 is 0.692 bits per heavy atom. The molecule has 0 radical (unpaired) electrons. The average Bonchev–Trinajstić information content (AvgIpc) is 2.99. The topological polar surface area (TPSA) is 49.4 Å². The fraction of sp³-hybridized carbons (Fsp3) is 0.257. The fourth-order valence-electron chi connectivity index (χ4n) is 4.87. The van der Waals surface area contributed by atoms with Crippen LogP contribution in [0.3, 0.4) is 0 Å². The summed E-state index contributed by atoms with van der Waals surface area (Å²) in [7, 11) is 0. The van der Waals surface area contributed by atoms with Gasteiger partial charge in [-0.05, 0) is 35.6 Å². The number of nitrogens with one attached hydrogen (secondary N) is 1. The van der Waals surface area contributed by atoms with Crippen molar-refractivity contribution in [2.45, 2.75) is 57.7 Å². The molecular formula is C35H38N2O2. The summed E-state index contributed by atoms with van der Waals surface area (Å²) in [5.41, 5.74) is 4.19. The van der Waals surface area contributed by atoms with Gasteiger partial charge in [-0.25, -0.2) is 0 Å². The van der Waals surface area contributed by atoms with Crippen LogP contribution in [0.4, 0.5) is 0 Å². The first kappa shape index (κ1) is 27.8. The standard InChI is InChI=1S/C35H38N2O2/c1-3-27(2)36-35(39)33(24-28-16-8-4-9-17-28)37(26-29-18-10-5-11-19-29)34(38)25-32(30-20-12-6-13-21-30)31-22-14-7-15-23-31/h4-23,27,32-33H,3,24-26H2,1-2H3,(H,36,39). The number of hydrogen-bond donors (Lipinski definition) is 1. The van der Waals surface area contributed by atoms with Crippen molar-refractivity contribution in [3.63, 3.8) is 0 Å². The van der Waals surface area contributed by atoms with Crippen LogP contribution in [0.15, 0.2) is 121 Å². The van der Waals surface area contributed by atoms with E-state index in [2.05, 4.69) is 29.6 Å². The lowest BCUT2D eigenvalue weighted by molar-refractivity contribution is -0.141. The summed E-state index contributed by atoms with van der Waals surface area (Å²) in [6.45, 7) is 4.41. The molecule has 0 bridgehead atoms. The van der Waals surface area contributed by atoms with Gasteiger partial charge in [-0.2, -0.15) is 0 Å². The van der Waals surface area contributed by atoms with Crippen molar-refractivity contribution in [2.75, 3.05) is 0 Å². The van der Waals surface area contributed by atoms with Crippen molar-refractivity contribution in [1.82, 2.24) is 10.2 Å². The highest BCUT2D eigenvalue weighted by atomic mass is 16.2. The summed E-state index contributed by atoms with van der Waals surface area (Å²) in [6.07, 6.45) is 1.53. The predicted octanol–water partition coefficient (Wildman–Crippen LogP) is 6.76. The van der Waals surface area contributed by atoms with Crippen LogP contribution in [-0.2, 0) is 22.6 Å². The van der Waals surface area contributed by atoms with Crippen molar-refractivity contribution < 1.29 is 9.59 Å². The van der Waals surface area contributed by atoms with Crippen molar-refractivity contribution in [1.29, 1.82) is 0 Å². The molecule has 4 aromatic rings. The fourth-order valence-corrected chi connectivity index (χ4v) is 4.87. The molecule has 0 aliphatic heterocycles. The van der Waals surface area contributed by atoms with Crippen LogP contribution in [0, 0.1) is 0 Å². The second-order valence-electron chi connectivity index (χ2n) is 10.1. The molecule has 2 amide bonds. The first-order valence-electron chi connectivity index (χ1n) is 13.8. The van der Waals surface area contributed by atoms with Crippen LogP contribution in [0.2, 0.25) is 0 Å². The van der Waals surface area contributed by atoms with Gasteiger partial charge in [-0.3, -0.25) is 9.59 Å². The van der Waals surface area contributed by atoms with E-state index in [-0.39, 0.29) is 30.2 Å². The molecule has 2 unspecified atom stereocenters. The van der Waals surface area contributed by atoms with E-state index in [1.54, 1.807) is 4.90 Å². The Morgan fingerprint density at radius 2 is 1.15 bits per heavy atom. The second kappa shape index (κ2) is 14.1. The monoisotopic (exact) mass is 518 g/mol. The lowest BCUT2D eigenvalue weighted by Crippen LogP contribution is -2.52. The Labute approximate surface area is 232 Å². The molecular weight excluding hydrogens is 480 g/mol. The zero-order chi connectivity index (χ0) is 27.5. The molecule has 4 rings (SSSR count). The van der Waals surface area contributed by atoms with Gasteiger partial charge in [0.05, 0.1) is 0 Å². The lowest BCUT2D eigenvalue weighted by Gasteiger charge is -2.33. The average molecular weight is 519 g/mol. The van der Waals surface area contributed by atoms with Gasteiger partial charge in [0, 0.05) is 31.3 Å². The molecule has 39 heavy (non-hydrogen) atoms. The Balaban J connectivity index is 1.72. The number of amides is 2. The summed E-state index contributed by atoms with van der Waals surface area (Å²) in [6, 6.07) is 39.6. The second-order valence-corrected chi connectivity index (χ2v) is 10.1. The van der Waals surface area contributed by atoms with Crippen molar-refractivity contribution in [3.05, 3.63) is 144 Å². The van der Waals surface area contributed by atoms with Crippen LogP contribution >= 0.6 is 0 Å². The summed E-state index contributed by atoms with van der Waals surface area (Å²) in [4.78, 5) is 29.9. The number of benzene rings is 4. The summed E-state index contributed by atoms with van der Waals surface area (Å²) < 4.78 is 0. The Bertz CT molecular complexity index is 1250. The summed E-state index contributed by atoms with van der Waals surface area (Å²) in [5.74, 6) is -0.279. The quantitative estimate of drug-likeness (QED) is 0.225. The lowest BCUT2D eigenvalue weighted by atomic mass is 9.87. The Morgan fingerprint density at radius 3 is 1.64 bits per heavy atom. The van der Waals surface area contributed by atoms with E-state index >= 15 is 0 Å². The maximum absolute atomic E-state index is 14.3. The van der Waals surface area contributed by atoms with Gasteiger partial charge in [0.1, 0.15) is 6.04 Å². The number of carbonyl (C=O) groups excluding carboxylic acids is 2. The van der Waals surface area contributed by atoms with Gasteiger partial charge in [-0.15, -0.1) is 0 Å². The number of nitrogens with zero attached hydrogens (tertiary/aromatic N) is 1. The molecule has 0 saturated carbocycles. The highest BCUT2D eigenvalue weighted by molar-refractivity contribution is 5.88. The molecule has 4 nitrogen and oxygen atoms in total. The number of hydrogen-bond acceptors (Lipinski definition) is 2. The van der Waals surface area contributed by atoms with Gasteiger partial charge < -0.3 is 10.2 Å². The van der Waals surface area contributed by atoms with Crippen molar-refractivity contribution >= 4 is 11.8 Å². The van der Waals surface area contributed by atoms with E-state index in [0.29, 0.717) is 13.0 Å².